The molecule has 4 nitrogen and oxygen atoms in total. The van der Waals surface area contributed by atoms with Crippen LogP contribution in [0.5, 0.6) is 0 Å². The van der Waals surface area contributed by atoms with Gasteiger partial charge in [0, 0.05) is 30.1 Å². The largest absolute Gasteiger partial charge is 0.390 e. The number of nitrogens with zero attached hydrogens (tertiary/aromatic N) is 1. The minimum absolute atomic E-state index is 0.120. The van der Waals surface area contributed by atoms with Crippen LogP contribution in [0.4, 0.5) is 0 Å². The molecule has 0 spiro atoms. The standard InChI is InChI=1S/C20H24N2O2S/c1-25-17-9-5-6-15(12-17)13-22-11-10-18(19(23)14-22)21-20(24)16-7-3-2-4-8-16/h2-9,12,18-19,23H,10-11,13-14H2,1H3,(H,21,24)/t18-,19-/m1/s1. The van der Waals surface area contributed by atoms with Crippen molar-refractivity contribution in [1.29, 1.82) is 0 Å². The van der Waals surface area contributed by atoms with Gasteiger partial charge in [-0.1, -0.05) is 30.3 Å². The molecule has 0 saturated carbocycles. The van der Waals surface area contributed by atoms with Gasteiger partial charge in [-0.15, -0.1) is 11.8 Å². The molecule has 0 radical (unpaired) electrons. The van der Waals surface area contributed by atoms with E-state index in [1.54, 1.807) is 23.9 Å². The van der Waals surface area contributed by atoms with Gasteiger partial charge >= 0.3 is 0 Å². The Kier molecular flexibility index (Phi) is 6.13. The number of amides is 1. The maximum Gasteiger partial charge on any atom is 0.251 e. The number of aliphatic hydroxyl groups excluding tert-OH is 1. The number of rotatable bonds is 5. The molecule has 132 valence electrons. The molecule has 0 aromatic heterocycles. The maximum atomic E-state index is 12.3. The molecule has 2 aromatic rings. The maximum absolute atomic E-state index is 12.3. The van der Waals surface area contributed by atoms with Gasteiger partial charge in [0.15, 0.2) is 0 Å². The van der Waals surface area contributed by atoms with Crippen molar-refractivity contribution in [1.82, 2.24) is 10.2 Å². The fourth-order valence-electron chi connectivity index (χ4n) is 3.18. The van der Waals surface area contributed by atoms with Gasteiger partial charge < -0.3 is 10.4 Å². The van der Waals surface area contributed by atoms with Crippen LogP contribution in [0.25, 0.3) is 0 Å². The third kappa shape index (κ3) is 4.84. The molecule has 5 heteroatoms. The second kappa shape index (κ2) is 8.52. The van der Waals surface area contributed by atoms with Crippen molar-refractivity contribution in [3.63, 3.8) is 0 Å². The van der Waals surface area contributed by atoms with Crippen molar-refractivity contribution in [2.75, 3.05) is 19.3 Å². The average molecular weight is 356 g/mol. The van der Waals surface area contributed by atoms with Gasteiger partial charge in [0.05, 0.1) is 12.1 Å². The molecule has 1 heterocycles. The van der Waals surface area contributed by atoms with Crippen molar-refractivity contribution in [2.45, 2.75) is 30.0 Å². The highest BCUT2D eigenvalue weighted by Gasteiger charge is 2.29. The molecule has 2 aromatic carbocycles. The lowest BCUT2D eigenvalue weighted by molar-refractivity contribution is 0.0349. The summed E-state index contributed by atoms with van der Waals surface area (Å²) in [5.74, 6) is -0.120. The molecule has 1 fully saturated rings. The summed E-state index contributed by atoms with van der Waals surface area (Å²) >= 11 is 1.74. The fraction of sp³-hybridized carbons (Fsp3) is 0.350. The van der Waals surface area contributed by atoms with Gasteiger partial charge in [0.25, 0.3) is 5.91 Å². The summed E-state index contributed by atoms with van der Waals surface area (Å²) in [5, 5.41) is 13.4. The van der Waals surface area contributed by atoms with E-state index in [9.17, 15) is 9.90 Å². The first-order valence-corrected chi connectivity index (χ1v) is 9.77. The Morgan fingerprint density at radius 2 is 2.04 bits per heavy atom. The van der Waals surface area contributed by atoms with Gasteiger partial charge in [-0.05, 0) is 42.5 Å². The van der Waals surface area contributed by atoms with Crippen LogP contribution < -0.4 is 5.32 Å². The predicted molar refractivity (Wildman–Crippen MR) is 102 cm³/mol. The Balaban J connectivity index is 1.54. The number of piperidine rings is 1. The van der Waals surface area contributed by atoms with Crippen molar-refractivity contribution in [2.24, 2.45) is 0 Å². The molecule has 1 aliphatic heterocycles. The van der Waals surface area contributed by atoms with Gasteiger partial charge in [-0.2, -0.15) is 0 Å². The topological polar surface area (TPSA) is 52.6 Å². The molecule has 1 saturated heterocycles. The van der Waals surface area contributed by atoms with E-state index < -0.39 is 6.10 Å². The van der Waals surface area contributed by atoms with Gasteiger partial charge in [-0.3, -0.25) is 9.69 Å². The molecular formula is C20H24N2O2S. The smallest absolute Gasteiger partial charge is 0.251 e. The predicted octanol–water partition coefficient (Wildman–Crippen LogP) is 2.77. The molecule has 0 aliphatic carbocycles. The van der Waals surface area contributed by atoms with Crippen LogP contribution in [0.1, 0.15) is 22.3 Å². The number of hydrogen-bond acceptors (Lipinski definition) is 4. The first-order valence-electron chi connectivity index (χ1n) is 8.55. The summed E-state index contributed by atoms with van der Waals surface area (Å²) in [5.41, 5.74) is 1.89. The Bertz CT molecular complexity index is 708. The highest BCUT2D eigenvalue weighted by atomic mass is 32.2. The molecule has 1 amide bonds. The lowest BCUT2D eigenvalue weighted by Gasteiger charge is -2.36. The number of nitrogens with one attached hydrogen (secondary N) is 1. The monoisotopic (exact) mass is 356 g/mol. The minimum atomic E-state index is -0.551. The summed E-state index contributed by atoms with van der Waals surface area (Å²) in [4.78, 5) is 15.8. The third-order valence-corrected chi connectivity index (χ3v) is 5.28. The van der Waals surface area contributed by atoms with E-state index in [0.717, 1.165) is 19.5 Å². The highest BCUT2D eigenvalue weighted by Crippen LogP contribution is 2.19. The zero-order chi connectivity index (χ0) is 17.6. The highest BCUT2D eigenvalue weighted by molar-refractivity contribution is 7.98. The van der Waals surface area contributed by atoms with Crippen LogP contribution in [0, 0.1) is 0 Å². The normalized spacial score (nSPS) is 21.0. The molecule has 0 bridgehead atoms. The van der Waals surface area contributed by atoms with Crippen molar-refractivity contribution in [3.05, 3.63) is 65.7 Å². The van der Waals surface area contributed by atoms with Gasteiger partial charge in [0.1, 0.15) is 0 Å². The molecule has 1 aliphatic rings. The number of β-amino-alcohol motifs (C(OH)–C–C–N with tert-alkyl or cyclic N) is 1. The number of thioether (sulfide) groups is 1. The minimum Gasteiger partial charge on any atom is -0.390 e. The lowest BCUT2D eigenvalue weighted by atomic mass is 10.0. The second-order valence-corrected chi connectivity index (χ2v) is 7.27. The number of carbonyl (C=O) groups is 1. The number of benzene rings is 2. The number of hydrogen-bond donors (Lipinski definition) is 2. The van der Waals surface area contributed by atoms with E-state index >= 15 is 0 Å². The summed E-state index contributed by atoms with van der Waals surface area (Å²) in [7, 11) is 0. The first kappa shape index (κ1) is 18.0. The number of aliphatic hydroxyl groups is 1. The van der Waals surface area contributed by atoms with E-state index in [1.165, 1.54) is 10.5 Å². The first-order chi connectivity index (χ1) is 12.2. The second-order valence-electron chi connectivity index (χ2n) is 6.39. The SMILES string of the molecule is CSc1cccc(CN2CC[C@@H](NC(=O)c3ccccc3)[C@H](O)C2)c1. The number of carbonyl (C=O) groups excluding carboxylic acids is 1. The average Bonchev–Trinajstić information content (AvgIpc) is 2.65. The van der Waals surface area contributed by atoms with Crippen molar-refractivity contribution < 1.29 is 9.90 Å². The molecule has 25 heavy (non-hydrogen) atoms. The molecule has 2 N–H and O–H groups in total. The van der Waals surface area contributed by atoms with Gasteiger partial charge in [0.2, 0.25) is 0 Å². The zero-order valence-corrected chi connectivity index (χ0v) is 15.2. The Hall–Kier alpha value is -1.82. The quantitative estimate of drug-likeness (QED) is 0.809. The Morgan fingerprint density at radius 3 is 2.76 bits per heavy atom. The van der Waals surface area contributed by atoms with Crippen LogP contribution in [0.15, 0.2) is 59.5 Å². The number of likely N-dealkylation sites (tertiary alicyclic amines) is 1. The molecule has 0 unspecified atom stereocenters. The van der Waals surface area contributed by atoms with Crippen molar-refractivity contribution in [3.8, 4) is 0 Å². The third-order valence-electron chi connectivity index (χ3n) is 4.56. The van der Waals surface area contributed by atoms with Crippen LogP contribution in [0.2, 0.25) is 0 Å². The summed E-state index contributed by atoms with van der Waals surface area (Å²) in [6.07, 6.45) is 2.27. The van der Waals surface area contributed by atoms with Crippen molar-refractivity contribution >= 4 is 17.7 Å². The van der Waals surface area contributed by atoms with E-state index in [1.807, 2.05) is 18.2 Å². The van der Waals surface area contributed by atoms with Crippen LogP contribution in [0.3, 0.4) is 0 Å². The van der Waals surface area contributed by atoms with Crippen LogP contribution in [-0.2, 0) is 6.54 Å². The van der Waals surface area contributed by atoms with E-state index in [0.29, 0.717) is 12.1 Å². The Labute approximate surface area is 153 Å². The molecule has 3 rings (SSSR count). The zero-order valence-electron chi connectivity index (χ0n) is 14.4. The summed E-state index contributed by atoms with van der Waals surface area (Å²) < 4.78 is 0. The van der Waals surface area contributed by atoms with Crippen LogP contribution in [-0.4, -0.2) is 47.4 Å². The lowest BCUT2D eigenvalue weighted by Crippen LogP contribution is -2.53. The fourth-order valence-corrected chi connectivity index (χ4v) is 3.66. The summed E-state index contributed by atoms with van der Waals surface area (Å²) in [6, 6.07) is 17.4. The molecule has 2 atom stereocenters. The van der Waals surface area contributed by atoms with E-state index in [2.05, 4.69) is 40.7 Å². The molecular weight excluding hydrogens is 332 g/mol. The van der Waals surface area contributed by atoms with Crippen LogP contribution >= 0.6 is 11.8 Å². The van der Waals surface area contributed by atoms with E-state index in [-0.39, 0.29) is 11.9 Å². The summed E-state index contributed by atoms with van der Waals surface area (Å²) in [6.45, 7) is 2.26. The Morgan fingerprint density at radius 1 is 1.24 bits per heavy atom. The van der Waals surface area contributed by atoms with E-state index in [4.69, 9.17) is 0 Å². The van der Waals surface area contributed by atoms with Gasteiger partial charge in [-0.25, -0.2) is 0 Å².